The summed E-state index contributed by atoms with van der Waals surface area (Å²) < 4.78 is 48.7. The van der Waals surface area contributed by atoms with Crippen LogP contribution in [-0.4, -0.2) is 75.2 Å². The number of carbonyl (C=O) groups excluding carboxylic acids is 1. The van der Waals surface area contributed by atoms with E-state index < -0.39 is 12.5 Å². The van der Waals surface area contributed by atoms with Gasteiger partial charge in [-0.05, 0) is 48.2 Å². The van der Waals surface area contributed by atoms with Crippen molar-refractivity contribution in [3.8, 4) is 5.75 Å². The number of hydrogen-bond donors (Lipinski definition) is 1. The number of benzene rings is 1. The molecule has 1 N–H and O–H groups in total. The Morgan fingerprint density at radius 3 is 2.48 bits per heavy atom. The Bertz CT molecular complexity index is 1400. The van der Waals surface area contributed by atoms with Gasteiger partial charge in [-0.1, -0.05) is 26.0 Å². The van der Waals surface area contributed by atoms with Crippen LogP contribution in [0.2, 0.25) is 0 Å². The minimum atomic E-state index is -4.76. The largest absolute Gasteiger partial charge is 0.573 e. The van der Waals surface area contributed by atoms with E-state index in [1.165, 1.54) is 12.1 Å². The normalized spacial score (nSPS) is 18.0. The van der Waals surface area contributed by atoms with E-state index in [0.29, 0.717) is 45.6 Å². The second kappa shape index (κ2) is 10.6. The number of nitrogens with zero attached hydrogens (tertiary/aromatic N) is 4. The lowest BCUT2D eigenvalue weighted by atomic mass is 9.79. The van der Waals surface area contributed by atoms with Gasteiger partial charge < -0.3 is 24.0 Å². The summed E-state index contributed by atoms with van der Waals surface area (Å²) in [7, 11) is 0. The molecule has 9 nitrogen and oxygen atoms in total. The third kappa shape index (κ3) is 6.01. The maximum atomic E-state index is 13.5. The minimum absolute atomic E-state index is 0.0188. The first-order valence-corrected chi connectivity index (χ1v) is 13.1. The molecule has 0 atom stereocenters. The van der Waals surface area contributed by atoms with Crippen molar-refractivity contribution >= 4 is 23.1 Å². The number of piperidine rings is 1. The summed E-state index contributed by atoms with van der Waals surface area (Å²) in [6.45, 7) is 6.83. The predicted molar refractivity (Wildman–Crippen MR) is 139 cm³/mol. The number of ether oxygens (including phenoxy) is 2. The predicted octanol–water partition coefficient (Wildman–Crippen LogP) is 4.76. The fourth-order valence-corrected chi connectivity index (χ4v) is 5.88. The van der Waals surface area contributed by atoms with Gasteiger partial charge in [-0.15, -0.1) is 13.2 Å². The van der Waals surface area contributed by atoms with Crippen molar-refractivity contribution in [1.29, 1.82) is 0 Å². The van der Waals surface area contributed by atoms with Crippen LogP contribution in [0.1, 0.15) is 43.5 Å². The smallest absolute Gasteiger partial charge is 0.450 e. The second-order valence-electron chi connectivity index (χ2n) is 11.0. The van der Waals surface area contributed by atoms with E-state index in [9.17, 15) is 22.8 Å². The third-order valence-corrected chi connectivity index (χ3v) is 7.54. The molecule has 3 aromatic rings. The number of hydrogen-bond acceptors (Lipinski definition) is 6. The topological polar surface area (TPSA) is 97.1 Å². The molecular formula is C28H31F3N4O5. The van der Waals surface area contributed by atoms with Crippen LogP contribution in [0.5, 0.6) is 5.75 Å². The fraction of sp³-hybridized carbons (Fsp3) is 0.464. The number of carboxylic acid groups (broad SMARTS) is 1. The molecule has 12 heteroatoms. The zero-order valence-corrected chi connectivity index (χ0v) is 22.3. The van der Waals surface area contributed by atoms with Crippen LogP contribution in [-0.2, 0) is 28.0 Å². The summed E-state index contributed by atoms with van der Waals surface area (Å²) in [5, 5.41) is 9.84. The van der Waals surface area contributed by atoms with Gasteiger partial charge in [0.2, 0.25) is 5.91 Å². The van der Waals surface area contributed by atoms with E-state index in [4.69, 9.17) is 9.84 Å². The molecule has 2 aliphatic rings. The number of carbonyl (C=O) groups is 2. The molecule has 0 saturated carbocycles. The number of rotatable bonds is 6. The van der Waals surface area contributed by atoms with Crippen molar-refractivity contribution in [3.63, 3.8) is 0 Å². The number of aromatic nitrogens is 2. The molecule has 2 aliphatic heterocycles. The molecular weight excluding hydrogens is 529 g/mol. The van der Waals surface area contributed by atoms with Crippen LogP contribution in [0.4, 0.5) is 18.0 Å². The Labute approximate surface area is 229 Å². The summed E-state index contributed by atoms with van der Waals surface area (Å²) in [6, 6.07) is 9.66. The van der Waals surface area contributed by atoms with E-state index in [1.54, 1.807) is 18.3 Å². The fourth-order valence-electron chi connectivity index (χ4n) is 5.88. The van der Waals surface area contributed by atoms with Crippen molar-refractivity contribution in [1.82, 2.24) is 19.4 Å². The molecule has 0 bridgehead atoms. The highest BCUT2D eigenvalue weighted by Gasteiger charge is 2.39. The second-order valence-corrected chi connectivity index (χ2v) is 11.0. The Hall–Kier alpha value is -3.80. The Morgan fingerprint density at radius 1 is 1.12 bits per heavy atom. The number of halogens is 3. The quantitative estimate of drug-likeness (QED) is 0.434. The van der Waals surface area contributed by atoms with Gasteiger partial charge in [-0.2, -0.15) is 0 Å². The van der Waals surface area contributed by atoms with Crippen molar-refractivity contribution in [2.24, 2.45) is 0 Å². The Balaban J connectivity index is 1.37. The molecule has 1 fully saturated rings. The zero-order chi connectivity index (χ0) is 28.7. The van der Waals surface area contributed by atoms with Gasteiger partial charge in [0, 0.05) is 48.9 Å². The van der Waals surface area contributed by atoms with Crippen LogP contribution in [0.3, 0.4) is 0 Å². The van der Waals surface area contributed by atoms with Gasteiger partial charge in [-0.25, -0.2) is 9.78 Å². The number of pyridine rings is 1. The Kier molecular flexibility index (Phi) is 7.38. The molecule has 214 valence electrons. The van der Waals surface area contributed by atoms with E-state index in [2.05, 4.69) is 23.6 Å². The van der Waals surface area contributed by atoms with Crippen LogP contribution in [0.15, 0.2) is 42.6 Å². The number of amides is 1. The van der Waals surface area contributed by atoms with E-state index in [1.807, 2.05) is 26.5 Å². The molecule has 0 radical (unpaired) electrons. The number of likely N-dealkylation sites (tertiary alicyclic amines) is 1. The molecule has 40 heavy (non-hydrogen) atoms. The zero-order valence-electron chi connectivity index (χ0n) is 22.3. The van der Waals surface area contributed by atoms with Crippen molar-refractivity contribution < 1.29 is 37.3 Å². The van der Waals surface area contributed by atoms with E-state index in [-0.39, 0.29) is 29.7 Å². The monoisotopic (exact) mass is 560 g/mol. The SMILES string of the molecule is CC1(C)CN(C(=O)CN2CCC(OC(=O)O)CC2)Cc2c1c1cccnc1n2Cc1ccc(OC(F)(F)F)cc1. The lowest BCUT2D eigenvalue weighted by Crippen LogP contribution is -2.50. The lowest BCUT2D eigenvalue weighted by Gasteiger charge is -2.40. The first kappa shape index (κ1) is 27.8. The summed E-state index contributed by atoms with van der Waals surface area (Å²) in [4.78, 5) is 32.8. The highest BCUT2D eigenvalue weighted by Crippen LogP contribution is 2.40. The van der Waals surface area contributed by atoms with Crippen LogP contribution < -0.4 is 4.74 Å². The first-order chi connectivity index (χ1) is 18.9. The van der Waals surface area contributed by atoms with Gasteiger partial charge in [0.05, 0.1) is 13.1 Å². The van der Waals surface area contributed by atoms with Gasteiger partial charge in [-0.3, -0.25) is 9.69 Å². The number of alkyl halides is 3. The highest BCUT2D eigenvalue weighted by molar-refractivity contribution is 5.85. The van der Waals surface area contributed by atoms with Gasteiger partial charge in [0.15, 0.2) is 0 Å². The first-order valence-electron chi connectivity index (χ1n) is 13.1. The maximum Gasteiger partial charge on any atom is 0.573 e. The van der Waals surface area contributed by atoms with Gasteiger partial charge in [0.25, 0.3) is 0 Å². The third-order valence-electron chi connectivity index (χ3n) is 7.54. The molecule has 1 amide bonds. The summed E-state index contributed by atoms with van der Waals surface area (Å²) in [5.41, 5.74) is 3.21. The lowest BCUT2D eigenvalue weighted by molar-refractivity contribution is -0.274. The molecule has 0 aliphatic carbocycles. The van der Waals surface area contributed by atoms with E-state index in [0.717, 1.165) is 27.9 Å². The van der Waals surface area contributed by atoms with E-state index >= 15 is 0 Å². The van der Waals surface area contributed by atoms with Crippen molar-refractivity contribution in [2.75, 3.05) is 26.2 Å². The summed E-state index contributed by atoms with van der Waals surface area (Å²) >= 11 is 0. The van der Waals surface area contributed by atoms with Crippen molar-refractivity contribution in [2.45, 2.75) is 57.7 Å². The standard InChI is InChI=1S/C28H31F3N4O5/c1-27(2)17-34(23(36)16-33-12-9-19(10-13-33)39-26(37)38)15-22-24(27)21-4-3-11-32-25(21)35(22)14-18-5-7-20(8-6-18)40-28(29,30)31/h3-8,11,19H,9-10,12-17H2,1-2H3,(H,37,38). The maximum absolute atomic E-state index is 13.5. The molecule has 1 saturated heterocycles. The van der Waals surface area contributed by atoms with Gasteiger partial charge in [0.1, 0.15) is 17.5 Å². The highest BCUT2D eigenvalue weighted by atomic mass is 19.4. The molecule has 4 heterocycles. The van der Waals surface area contributed by atoms with Crippen LogP contribution in [0, 0.1) is 0 Å². The average molecular weight is 561 g/mol. The Morgan fingerprint density at radius 2 is 1.82 bits per heavy atom. The summed E-state index contributed by atoms with van der Waals surface area (Å²) in [6.07, 6.45) is -3.60. The number of fused-ring (bicyclic) bond motifs is 3. The molecule has 1 aromatic carbocycles. The van der Waals surface area contributed by atoms with Crippen molar-refractivity contribution in [3.05, 3.63) is 59.4 Å². The van der Waals surface area contributed by atoms with Gasteiger partial charge >= 0.3 is 12.5 Å². The molecule has 5 rings (SSSR count). The minimum Gasteiger partial charge on any atom is -0.450 e. The average Bonchev–Trinajstić information content (AvgIpc) is 3.19. The van der Waals surface area contributed by atoms with Crippen LogP contribution in [0.25, 0.3) is 11.0 Å². The molecule has 0 spiro atoms. The van der Waals surface area contributed by atoms with Crippen LogP contribution >= 0.6 is 0 Å². The molecule has 0 unspecified atom stereocenters. The summed E-state index contributed by atoms with van der Waals surface area (Å²) in [5.74, 6) is -0.306. The molecule has 2 aromatic heterocycles.